The van der Waals surface area contributed by atoms with Crippen molar-refractivity contribution < 1.29 is 23.0 Å². The SMILES string of the molecule is Cl.Cl.N[C@@H]1CCN(CC(c2cccc(OC(F)(F)F)c2)C2(O)CCCCC2)C1. The van der Waals surface area contributed by atoms with E-state index in [9.17, 15) is 18.3 Å². The molecule has 3 rings (SSSR count). The summed E-state index contributed by atoms with van der Waals surface area (Å²) in [6, 6.07) is 6.18. The normalized spacial score (nSPS) is 23.4. The number of halogens is 5. The lowest BCUT2D eigenvalue weighted by molar-refractivity contribution is -0.274. The molecule has 0 bridgehead atoms. The molecule has 28 heavy (non-hydrogen) atoms. The minimum Gasteiger partial charge on any atom is -0.406 e. The Morgan fingerprint density at radius 1 is 1.21 bits per heavy atom. The van der Waals surface area contributed by atoms with Crippen LogP contribution in [-0.2, 0) is 0 Å². The Bertz CT molecular complexity index is 613. The lowest BCUT2D eigenvalue weighted by atomic mass is 9.72. The number of benzene rings is 1. The van der Waals surface area contributed by atoms with Gasteiger partial charge in [-0.2, -0.15) is 0 Å². The van der Waals surface area contributed by atoms with Gasteiger partial charge in [0.15, 0.2) is 0 Å². The fourth-order valence-electron chi connectivity index (χ4n) is 4.31. The van der Waals surface area contributed by atoms with E-state index < -0.39 is 12.0 Å². The highest BCUT2D eigenvalue weighted by Gasteiger charge is 2.40. The van der Waals surface area contributed by atoms with Gasteiger partial charge in [-0.05, 0) is 43.5 Å². The fraction of sp³-hybridized carbons (Fsp3) is 0.684. The topological polar surface area (TPSA) is 58.7 Å². The van der Waals surface area contributed by atoms with E-state index in [1.807, 2.05) is 0 Å². The fourth-order valence-corrected chi connectivity index (χ4v) is 4.31. The summed E-state index contributed by atoms with van der Waals surface area (Å²) in [6.07, 6.45) is 0.473. The van der Waals surface area contributed by atoms with E-state index in [-0.39, 0.29) is 42.5 Å². The molecule has 3 N–H and O–H groups in total. The first-order valence-corrected chi connectivity index (χ1v) is 9.31. The van der Waals surface area contributed by atoms with Crippen molar-refractivity contribution in [1.29, 1.82) is 0 Å². The van der Waals surface area contributed by atoms with E-state index in [0.29, 0.717) is 24.9 Å². The summed E-state index contributed by atoms with van der Waals surface area (Å²) in [5.41, 5.74) is 5.79. The summed E-state index contributed by atoms with van der Waals surface area (Å²) in [5, 5.41) is 11.3. The first-order chi connectivity index (χ1) is 12.3. The van der Waals surface area contributed by atoms with Gasteiger partial charge >= 0.3 is 6.36 Å². The van der Waals surface area contributed by atoms with Crippen molar-refractivity contribution >= 4 is 24.8 Å². The van der Waals surface area contributed by atoms with E-state index in [4.69, 9.17) is 5.73 Å². The van der Waals surface area contributed by atoms with Crippen LogP contribution >= 0.6 is 24.8 Å². The lowest BCUT2D eigenvalue weighted by Gasteiger charge is -2.41. The molecule has 0 amide bonds. The van der Waals surface area contributed by atoms with Crippen molar-refractivity contribution in [2.45, 2.75) is 62.4 Å². The third-order valence-electron chi connectivity index (χ3n) is 5.61. The standard InChI is InChI=1S/C19H27F3N2O2.2ClH/c20-19(21,22)26-16-6-4-5-14(11-16)17(13-24-10-7-15(23)12-24)18(25)8-2-1-3-9-18;;/h4-6,11,15,17,25H,1-3,7-10,12-13,23H2;2*1H/t15-,17?;;/m1../s1. The molecule has 162 valence electrons. The summed E-state index contributed by atoms with van der Waals surface area (Å²) < 4.78 is 41.8. The van der Waals surface area contributed by atoms with Crippen molar-refractivity contribution in [3.63, 3.8) is 0 Å². The summed E-state index contributed by atoms with van der Waals surface area (Å²) in [4.78, 5) is 2.21. The highest BCUT2D eigenvalue weighted by molar-refractivity contribution is 5.85. The van der Waals surface area contributed by atoms with Crippen LogP contribution in [0.15, 0.2) is 24.3 Å². The third-order valence-corrected chi connectivity index (χ3v) is 5.61. The summed E-state index contributed by atoms with van der Waals surface area (Å²) in [7, 11) is 0. The minimum atomic E-state index is -4.72. The maximum Gasteiger partial charge on any atom is 0.573 e. The highest BCUT2D eigenvalue weighted by atomic mass is 35.5. The van der Waals surface area contributed by atoms with Crippen molar-refractivity contribution in [1.82, 2.24) is 4.90 Å². The van der Waals surface area contributed by atoms with Crippen LogP contribution < -0.4 is 10.5 Å². The third kappa shape index (κ3) is 6.66. The Balaban J connectivity index is 0.00000196. The molecule has 1 aliphatic heterocycles. The molecule has 0 radical (unpaired) electrons. The molecule has 4 nitrogen and oxygen atoms in total. The van der Waals surface area contributed by atoms with Crippen LogP contribution in [0.5, 0.6) is 5.75 Å². The maximum atomic E-state index is 12.6. The van der Waals surface area contributed by atoms with Crippen LogP contribution in [0.1, 0.15) is 50.0 Å². The van der Waals surface area contributed by atoms with Gasteiger partial charge in [-0.25, -0.2) is 0 Å². The van der Waals surface area contributed by atoms with Gasteiger partial charge in [0.1, 0.15) is 5.75 Å². The van der Waals surface area contributed by atoms with Gasteiger partial charge in [0.05, 0.1) is 5.60 Å². The van der Waals surface area contributed by atoms with E-state index in [0.717, 1.165) is 38.8 Å². The molecule has 1 aliphatic carbocycles. The molecule has 1 unspecified atom stereocenters. The van der Waals surface area contributed by atoms with Crippen molar-refractivity contribution in [2.75, 3.05) is 19.6 Å². The van der Waals surface area contributed by atoms with Crippen LogP contribution in [0.2, 0.25) is 0 Å². The zero-order valence-corrected chi connectivity index (χ0v) is 17.3. The predicted octanol–water partition coefficient (Wildman–Crippen LogP) is 4.24. The molecule has 2 atom stereocenters. The molecular formula is C19H29Cl2F3N2O2. The van der Waals surface area contributed by atoms with Crippen LogP contribution in [0.3, 0.4) is 0 Å². The van der Waals surface area contributed by atoms with Gasteiger partial charge in [0.2, 0.25) is 0 Å². The molecular weight excluding hydrogens is 416 g/mol. The van der Waals surface area contributed by atoms with Crippen LogP contribution in [-0.4, -0.2) is 47.6 Å². The maximum absolute atomic E-state index is 12.6. The van der Waals surface area contributed by atoms with E-state index in [1.165, 1.54) is 12.1 Å². The number of ether oxygens (including phenoxy) is 1. The molecule has 1 saturated heterocycles. The molecule has 2 fully saturated rings. The van der Waals surface area contributed by atoms with Crippen molar-refractivity contribution in [2.24, 2.45) is 5.73 Å². The Morgan fingerprint density at radius 3 is 2.46 bits per heavy atom. The molecule has 1 aromatic carbocycles. The quantitative estimate of drug-likeness (QED) is 0.712. The van der Waals surface area contributed by atoms with Gasteiger partial charge in [-0.3, -0.25) is 0 Å². The number of nitrogens with two attached hydrogens (primary N) is 1. The summed E-state index contributed by atoms with van der Waals surface area (Å²) in [5.74, 6) is -0.498. The second kappa shape index (κ2) is 10.3. The number of hydrogen-bond acceptors (Lipinski definition) is 4. The number of likely N-dealkylation sites (tertiary alicyclic amines) is 1. The average molecular weight is 445 g/mol. The molecule has 1 aromatic rings. The molecule has 0 aromatic heterocycles. The Hall–Kier alpha value is -0.730. The second-order valence-corrected chi connectivity index (χ2v) is 7.65. The molecule has 9 heteroatoms. The van der Waals surface area contributed by atoms with Crippen molar-refractivity contribution in [3.8, 4) is 5.75 Å². The molecule has 1 heterocycles. The number of alkyl halides is 3. The zero-order valence-electron chi connectivity index (χ0n) is 15.7. The monoisotopic (exact) mass is 444 g/mol. The number of nitrogens with zero attached hydrogens (tertiary/aromatic N) is 1. The van der Waals surface area contributed by atoms with E-state index in [1.54, 1.807) is 12.1 Å². The summed E-state index contributed by atoms with van der Waals surface area (Å²) >= 11 is 0. The number of rotatable bonds is 5. The largest absolute Gasteiger partial charge is 0.573 e. The van der Waals surface area contributed by atoms with Gasteiger partial charge in [0, 0.05) is 25.0 Å². The smallest absolute Gasteiger partial charge is 0.406 e. The van der Waals surface area contributed by atoms with E-state index in [2.05, 4.69) is 9.64 Å². The predicted molar refractivity (Wildman–Crippen MR) is 107 cm³/mol. The number of aliphatic hydroxyl groups is 1. The first-order valence-electron chi connectivity index (χ1n) is 9.31. The van der Waals surface area contributed by atoms with Gasteiger partial charge in [0.25, 0.3) is 0 Å². The van der Waals surface area contributed by atoms with Crippen molar-refractivity contribution in [3.05, 3.63) is 29.8 Å². The summed E-state index contributed by atoms with van der Waals surface area (Å²) in [6.45, 7) is 2.21. The Labute approximate surface area is 176 Å². The van der Waals surface area contributed by atoms with Gasteiger partial charge in [-0.15, -0.1) is 38.0 Å². The lowest BCUT2D eigenvalue weighted by Crippen LogP contribution is -2.44. The van der Waals surface area contributed by atoms with Crippen LogP contribution in [0, 0.1) is 0 Å². The van der Waals surface area contributed by atoms with Gasteiger partial charge in [-0.1, -0.05) is 31.4 Å². The van der Waals surface area contributed by atoms with Gasteiger partial charge < -0.3 is 20.5 Å². The van der Waals surface area contributed by atoms with E-state index >= 15 is 0 Å². The number of hydrogen-bond donors (Lipinski definition) is 2. The zero-order chi connectivity index (χ0) is 18.8. The molecule has 2 aliphatic rings. The Kier molecular flexibility index (Phi) is 9.35. The Morgan fingerprint density at radius 2 is 1.89 bits per heavy atom. The van der Waals surface area contributed by atoms with Crippen LogP contribution in [0.4, 0.5) is 13.2 Å². The minimum absolute atomic E-state index is 0. The highest BCUT2D eigenvalue weighted by Crippen LogP contribution is 2.41. The second-order valence-electron chi connectivity index (χ2n) is 7.65. The van der Waals surface area contributed by atoms with Crippen LogP contribution in [0.25, 0.3) is 0 Å². The average Bonchev–Trinajstić information content (AvgIpc) is 2.97. The molecule has 0 spiro atoms. The first kappa shape index (κ1) is 25.3. The molecule has 1 saturated carbocycles.